The molecule has 3 amide bonds. The molecule has 0 saturated carbocycles. The van der Waals surface area contributed by atoms with Gasteiger partial charge in [-0.2, -0.15) is 0 Å². The third-order valence-corrected chi connectivity index (χ3v) is 6.63. The number of rotatable bonds is 6. The van der Waals surface area contributed by atoms with Gasteiger partial charge >= 0.3 is 6.03 Å². The summed E-state index contributed by atoms with van der Waals surface area (Å²) in [5.74, 6) is -0.419. The van der Waals surface area contributed by atoms with E-state index in [0.29, 0.717) is 37.6 Å². The molecule has 0 spiro atoms. The summed E-state index contributed by atoms with van der Waals surface area (Å²) in [4.78, 5) is 31.9. The van der Waals surface area contributed by atoms with Gasteiger partial charge in [0.2, 0.25) is 0 Å². The highest BCUT2D eigenvalue weighted by atomic mass is 19.1. The molecule has 9 heteroatoms. The number of amides is 3. The van der Waals surface area contributed by atoms with E-state index >= 15 is 0 Å². The van der Waals surface area contributed by atoms with Gasteiger partial charge in [-0.25, -0.2) is 9.18 Å². The number of likely N-dealkylation sites (N-methyl/N-ethyl adjacent to an activating group) is 1. The average Bonchev–Trinajstić information content (AvgIpc) is 2.89. The summed E-state index contributed by atoms with van der Waals surface area (Å²) in [6.45, 7) is 10.8. The first-order chi connectivity index (χ1) is 16.9. The second-order valence-electron chi connectivity index (χ2n) is 8.93. The second kappa shape index (κ2) is 11.5. The minimum Gasteiger partial charge on any atom is -0.378 e. The van der Waals surface area contributed by atoms with Gasteiger partial charge in [-0.3, -0.25) is 4.79 Å². The molecule has 4 rings (SSSR count). The Hall–Kier alpha value is -3.17. The Balaban J connectivity index is 1.41. The molecule has 2 aliphatic heterocycles. The number of nitrogens with zero attached hydrogens (tertiary/aromatic N) is 3. The normalized spacial score (nSPS) is 17.7. The lowest BCUT2D eigenvalue weighted by molar-refractivity contribution is 0.0303. The van der Waals surface area contributed by atoms with E-state index in [1.54, 1.807) is 35.2 Å². The predicted octanol–water partition coefficient (Wildman–Crippen LogP) is 3.32. The molecule has 2 aromatic rings. The van der Waals surface area contributed by atoms with Crippen molar-refractivity contribution < 1.29 is 18.7 Å². The Labute approximate surface area is 206 Å². The Morgan fingerprint density at radius 3 is 2.49 bits per heavy atom. The van der Waals surface area contributed by atoms with Gasteiger partial charge in [0.05, 0.1) is 19.3 Å². The number of nitrogens with one attached hydrogen (secondary N) is 2. The highest BCUT2D eigenvalue weighted by molar-refractivity contribution is 5.97. The molecule has 0 aromatic heterocycles. The summed E-state index contributed by atoms with van der Waals surface area (Å²) in [5, 5.41) is 5.73. The molecular formula is C26H34FN5O3. The Kier molecular flexibility index (Phi) is 8.20. The van der Waals surface area contributed by atoms with E-state index in [1.165, 1.54) is 12.1 Å². The van der Waals surface area contributed by atoms with Crippen molar-refractivity contribution in [1.29, 1.82) is 0 Å². The molecule has 35 heavy (non-hydrogen) atoms. The van der Waals surface area contributed by atoms with Crippen molar-refractivity contribution in [3.05, 3.63) is 59.4 Å². The quantitative estimate of drug-likeness (QED) is 0.659. The molecule has 8 nitrogen and oxygen atoms in total. The molecule has 2 aliphatic rings. The second-order valence-corrected chi connectivity index (χ2v) is 8.93. The van der Waals surface area contributed by atoms with E-state index in [0.717, 1.165) is 44.0 Å². The van der Waals surface area contributed by atoms with Crippen molar-refractivity contribution in [3.63, 3.8) is 0 Å². The Morgan fingerprint density at radius 1 is 1.03 bits per heavy atom. The zero-order valence-electron chi connectivity index (χ0n) is 20.4. The lowest BCUT2D eigenvalue weighted by Gasteiger charge is -2.37. The van der Waals surface area contributed by atoms with E-state index in [9.17, 15) is 14.0 Å². The number of benzene rings is 2. The number of ether oxygens (including phenoxy) is 1. The number of hydrogen-bond donors (Lipinski definition) is 2. The molecular weight excluding hydrogens is 449 g/mol. The van der Waals surface area contributed by atoms with Gasteiger partial charge in [0, 0.05) is 61.8 Å². The van der Waals surface area contributed by atoms with E-state index in [1.807, 2.05) is 6.92 Å². The van der Waals surface area contributed by atoms with Gasteiger partial charge in [0.15, 0.2) is 0 Å². The highest BCUT2D eigenvalue weighted by Gasteiger charge is 2.22. The maximum atomic E-state index is 14.2. The smallest absolute Gasteiger partial charge is 0.319 e. The van der Waals surface area contributed by atoms with Crippen LogP contribution in [-0.2, 0) is 4.74 Å². The van der Waals surface area contributed by atoms with Crippen molar-refractivity contribution in [1.82, 2.24) is 15.1 Å². The van der Waals surface area contributed by atoms with Crippen LogP contribution in [0.4, 0.5) is 20.6 Å². The van der Waals surface area contributed by atoms with Crippen molar-refractivity contribution in [3.8, 4) is 0 Å². The molecule has 1 unspecified atom stereocenters. The number of hydrogen-bond acceptors (Lipinski definition) is 5. The first-order valence-electron chi connectivity index (χ1n) is 12.3. The average molecular weight is 484 g/mol. The SMILES string of the molecule is CCN1CCN(c2ccc(F)cc2C(C)NC(=O)Nc2cccc(C(=O)N3CCOCC3)c2)CC1. The summed E-state index contributed by atoms with van der Waals surface area (Å²) in [6.07, 6.45) is 0. The number of halogens is 1. The molecule has 188 valence electrons. The van der Waals surface area contributed by atoms with Crippen LogP contribution < -0.4 is 15.5 Å². The number of carbonyl (C=O) groups is 2. The summed E-state index contributed by atoms with van der Waals surface area (Å²) in [5.41, 5.74) is 2.70. The van der Waals surface area contributed by atoms with Crippen LogP contribution in [0.5, 0.6) is 0 Å². The monoisotopic (exact) mass is 483 g/mol. The largest absolute Gasteiger partial charge is 0.378 e. The van der Waals surface area contributed by atoms with Crippen LogP contribution in [0.15, 0.2) is 42.5 Å². The fourth-order valence-electron chi connectivity index (χ4n) is 4.59. The lowest BCUT2D eigenvalue weighted by Crippen LogP contribution is -2.46. The molecule has 2 saturated heterocycles. The van der Waals surface area contributed by atoms with E-state index in [4.69, 9.17) is 4.74 Å². The van der Waals surface area contributed by atoms with Gasteiger partial charge in [-0.05, 0) is 49.9 Å². The Morgan fingerprint density at radius 2 is 1.77 bits per heavy atom. The maximum absolute atomic E-state index is 14.2. The van der Waals surface area contributed by atoms with Crippen molar-refractivity contribution in [2.75, 3.05) is 69.2 Å². The van der Waals surface area contributed by atoms with Gasteiger partial charge in [0.25, 0.3) is 5.91 Å². The predicted molar refractivity (Wildman–Crippen MR) is 134 cm³/mol. The fourth-order valence-corrected chi connectivity index (χ4v) is 4.59. The van der Waals surface area contributed by atoms with Gasteiger partial charge in [-0.15, -0.1) is 0 Å². The summed E-state index contributed by atoms with van der Waals surface area (Å²) < 4.78 is 19.5. The molecule has 2 heterocycles. The van der Waals surface area contributed by atoms with Crippen LogP contribution in [0.3, 0.4) is 0 Å². The lowest BCUT2D eigenvalue weighted by atomic mass is 10.0. The molecule has 0 aliphatic carbocycles. The number of urea groups is 1. The summed E-state index contributed by atoms with van der Waals surface area (Å²) >= 11 is 0. The third-order valence-electron chi connectivity index (χ3n) is 6.63. The number of piperazine rings is 1. The number of anilines is 2. The van der Waals surface area contributed by atoms with Gasteiger partial charge in [0.1, 0.15) is 5.82 Å². The molecule has 0 bridgehead atoms. The summed E-state index contributed by atoms with van der Waals surface area (Å²) in [7, 11) is 0. The van der Waals surface area contributed by atoms with Crippen LogP contribution in [0.2, 0.25) is 0 Å². The van der Waals surface area contributed by atoms with Crippen molar-refractivity contribution in [2.45, 2.75) is 19.9 Å². The minimum absolute atomic E-state index is 0.0849. The zero-order chi connectivity index (χ0) is 24.8. The zero-order valence-corrected chi connectivity index (χ0v) is 20.4. The number of morpholine rings is 1. The third kappa shape index (κ3) is 6.29. The van der Waals surface area contributed by atoms with Gasteiger partial charge in [-0.1, -0.05) is 13.0 Å². The maximum Gasteiger partial charge on any atom is 0.319 e. The highest BCUT2D eigenvalue weighted by Crippen LogP contribution is 2.28. The molecule has 2 N–H and O–H groups in total. The van der Waals surface area contributed by atoms with Crippen LogP contribution in [-0.4, -0.2) is 80.8 Å². The minimum atomic E-state index is -0.417. The van der Waals surface area contributed by atoms with Crippen LogP contribution in [0.1, 0.15) is 35.8 Å². The van der Waals surface area contributed by atoms with Crippen molar-refractivity contribution in [2.24, 2.45) is 0 Å². The summed E-state index contributed by atoms with van der Waals surface area (Å²) in [6, 6.07) is 10.8. The van der Waals surface area contributed by atoms with Crippen LogP contribution in [0.25, 0.3) is 0 Å². The van der Waals surface area contributed by atoms with Crippen LogP contribution in [0, 0.1) is 5.82 Å². The van der Waals surface area contributed by atoms with E-state index < -0.39 is 12.1 Å². The topological polar surface area (TPSA) is 77.2 Å². The standard InChI is InChI=1S/C26H34FN5O3/c1-3-30-9-11-31(12-10-30)24-8-7-21(27)18-23(24)19(2)28-26(34)29-22-6-4-5-20(17-22)25(33)32-13-15-35-16-14-32/h4-8,17-19H,3,9-16H2,1-2H3,(H2,28,29,34). The first kappa shape index (κ1) is 24.9. The molecule has 0 radical (unpaired) electrons. The van der Waals surface area contributed by atoms with E-state index in [-0.39, 0.29) is 11.7 Å². The van der Waals surface area contributed by atoms with E-state index in [2.05, 4.69) is 27.4 Å². The van der Waals surface area contributed by atoms with Crippen LogP contribution >= 0.6 is 0 Å². The number of carbonyl (C=O) groups excluding carboxylic acids is 2. The van der Waals surface area contributed by atoms with Gasteiger partial charge < -0.3 is 30.1 Å². The first-order valence-corrected chi connectivity index (χ1v) is 12.3. The molecule has 2 fully saturated rings. The fraction of sp³-hybridized carbons (Fsp3) is 0.462. The molecule has 2 aromatic carbocycles. The Bertz CT molecular complexity index is 1040. The van der Waals surface area contributed by atoms with Crippen molar-refractivity contribution >= 4 is 23.3 Å². The molecule has 1 atom stereocenters.